The Balaban J connectivity index is 2.86. The fourth-order valence-corrected chi connectivity index (χ4v) is 1.44. The number of carbonyl (C=O) groups is 2. The number of nitrogens with one attached hydrogen (secondary N) is 1. The molecule has 0 aliphatic heterocycles. The maximum absolute atomic E-state index is 11.6. The zero-order valence-electron chi connectivity index (χ0n) is 8.49. The van der Waals surface area contributed by atoms with E-state index in [1.165, 1.54) is 7.11 Å². The number of halogens is 1. The average Bonchev–Trinajstić information content (AvgIpc) is 2.25. The molecule has 0 aliphatic rings. The highest BCUT2D eigenvalue weighted by molar-refractivity contribution is 9.10. The van der Waals surface area contributed by atoms with Gasteiger partial charge in [-0.05, 0) is 18.2 Å². The molecule has 0 heterocycles. The molecule has 1 rings (SSSR count). The molecule has 0 aromatic heterocycles. The van der Waals surface area contributed by atoms with Crippen LogP contribution in [-0.4, -0.2) is 30.6 Å². The van der Waals surface area contributed by atoms with Crippen molar-refractivity contribution in [1.29, 1.82) is 0 Å². The topological polar surface area (TPSA) is 75.6 Å². The van der Waals surface area contributed by atoms with Crippen molar-refractivity contribution in [2.24, 2.45) is 0 Å². The Labute approximate surface area is 101 Å². The molecule has 0 fully saturated rings. The van der Waals surface area contributed by atoms with Crippen LogP contribution < -0.4 is 10.1 Å². The predicted molar refractivity (Wildman–Crippen MR) is 60.7 cm³/mol. The van der Waals surface area contributed by atoms with E-state index in [0.717, 1.165) is 4.47 Å². The van der Waals surface area contributed by atoms with Crippen LogP contribution in [0.5, 0.6) is 5.75 Å². The zero-order chi connectivity index (χ0) is 12.1. The normalized spacial score (nSPS) is 9.62. The molecule has 0 atom stereocenters. The quantitative estimate of drug-likeness (QED) is 0.875. The number of carboxylic acid groups (broad SMARTS) is 1. The molecule has 0 spiro atoms. The van der Waals surface area contributed by atoms with Gasteiger partial charge in [-0.3, -0.25) is 9.59 Å². The number of methoxy groups -OCH3 is 1. The smallest absolute Gasteiger partial charge is 0.322 e. The number of hydrogen-bond acceptors (Lipinski definition) is 3. The van der Waals surface area contributed by atoms with Gasteiger partial charge >= 0.3 is 5.97 Å². The lowest BCUT2D eigenvalue weighted by Gasteiger charge is -2.08. The summed E-state index contributed by atoms with van der Waals surface area (Å²) < 4.78 is 5.79. The van der Waals surface area contributed by atoms with Crippen LogP contribution in [0.4, 0.5) is 0 Å². The molecule has 0 saturated heterocycles. The molecule has 2 N–H and O–H groups in total. The first-order valence-corrected chi connectivity index (χ1v) is 5.17. The second kappa shape index (κ2) is 5.50. The number of rotatable bonds is 4. The van der Waals surface area contributed by atoms with E-state index in [1.54, 1.807) is 18.2 Å². The fourth-order valence-electron chi connectivity index (χ4n) is 1.10. The summed E-state index contributed by atoms with van der Waals surface area (Å²) in [6.07, 6.45) is 0. The van der Waals surface area contributed by atoms with Gasteiger partial charge in [0.05, 0.1) is 12.7 Å². The number of hydrogen-bond donors (Lipinski definition) is 2. The van der Waals surface area contributed by atoms with E-state index < -0.39 is 18.4 Å². The first-order valence-electron chi connectivity index (χ1n) is 4.38. The van der Waals surface area contributed by atoms with Crippen LogP contribution in [0.2, 0.25) is 0 Å². The molecule has 1 aromatic carbocycles. The van der Waals surface area contributed by atoms with Crippen LogP contribution in [0.25, 0.3) is 0 Å². The maximum Gasteiger partial charge on any atom is 0.322 e. The molecule has 0 unspecified atom stereocenters. The molecule has 0 aliphatic carbocycles. The van der Waals surface area contributed by atoms with Gasteiger partial charge in [0.1, 0.15) is 12.3 Å². The minimum Gasteiger partial charge on any atom is -0.496 e. The zero-order valence-corrected chi connectivity index (χ0v) is 10.1. The third-order valence-electron chi connectivity index (χ3n) is 1.81. The van der Waals surface area contributed by atoms with E-state index in [-0.39, 0.29) is 0 Å². The molecular formula is C10H10BrNO4. The van der Waals surface area contributed by atoms with Crippen LogP contribution in [0, 0.1) is 0 Å². The van der Waals surface area contributed by atoms with Gasteiger partial charge in [0, 0.05) is 4.47 Å². The number of aliphatic carboxylic acids is 1. The van der Waals surface area contributed by atoms with E-state index in [9.17, 15) is 9.59 Å². The highest BCUT2D eigenvalue weighted by Gasteiger charge is 2.12. The number of carboxylic acids is 1. The van der Waals surface area contributed by atoms with Crippen LogP contribution >= 0.6 is 15.9 Å². The predicted octanol–water partition coefficient (Wildman–Crippen LogP) is 1.27. The lowest BCUT2D eigenvalue weighted by Crippen LogP contribution is -2.29. The molecule has 0 radical (unpaired) electrons. The van der Waals surface area contributed by atoms with E-state index >= 15 is 0 Å². The highest BCUT2D eigenvalue weighted by atomic mass is 79.9. The summed E-state index contributed by atoms with van der Waals surface area (Å²) in [6, 6.07) is 4.87. The first kappa shape index (κ1) is 12.5. The molecule has 16 heavy (non-hydrogen) atoms. The van der Waals surface area contributed by atoms with Gasteiger partial charge < -0.3 is 15.2 Å². The number of benzene rings is 1. The average molecular weight is 288 g/mol. The Morgan fingerprint density at radius 1 is 1.50 bits per heavy atom. The van der Waals surface area contributed by atoms with Crippen molar-refractivity contribution >= 4 is 27.8 Å². The van der Waals surface area contributed by atoms with E-state index in [1.807, 2.05) is 0 Å². The number of carbonyl (C=O) groups excluding carboxylic acids is 1. The van der Waals surface area contributed by atoms with Crippen molar-refractivity contribution in [3.8, 4) is 5.75 Å². The van der Waals surface area contributed by atoms with E-state index in [4.69, 9.17) is 9.84 Å². The first-order chi connectivity index (χ1) is 7.54. The summed E-state index contributed by atoms with van der Waals surface area (Å²) in [5.41, 5.74) is 0.298. The fraction of sp³-hybridized carbons (Fsp3) is 0.200. The van der Waals surface area contributed by atoms with Crippen molar-refractivity contribution in [3.05, 3.63) is 28.2 Å². The molecule has 0 saturated carbocycles. The van der Waals surface area contributed by atoms with Gasteiger partial charge in [0.25, 0.3) is 5.91 Å². The summed E-state index contributed by atoms with van der Waals surface area (Å²) >= 11 is 3.24. The van der Waals surface area contributed by atoms with Crippen molar-refractivity contribution in [3.63, 3.8) is 0 Å². The summed E-state index contributed by atoms with van der Waals surface area (Å²) in [5.74, 6) is -1.19. The van der Waals surface area contributed by atoms with Crippen LogP contribution in [0.15, 0.2) is 22.7 Å². The van der Waals surface area contributed by atoms with Crippen molar-refractivity contribution in [2.45, 2.75) is 0 Å². The minimum absolute atomic E-state index is 0.298. The largest absolute Gasteiger partial charge is 0.496 e. The lowest BCUT2D eigenvalue weighted by molar-refractivity contribution is -0.135. The Kier molecular flexibility index (Phi) is 4.30. The molecule has 0 bridgehead atoms. The monoisotopic (exact) mass is 287 g/mol. The second-order valence-corrected chi connectivity index (χ2v) is 3.84. The SMILES string of the molecule is COc1cc(Br)ccc1C(=O)NCC(=O)O. The van der Waals surface area contributed by atoms with Gasteiger partial charge in [0.15, 0.2) is 0 Å². The number of amides is 1. The molecule has 5 nitrogen and oxygen atoms in total. The van der Waals surface area contributed by atoms with Crippen LogP contribution in [0.1, 0.15) is 10.4 Å². The Bertz CT molecular complexity index is 419. The Morgan fingerprint density at radius 3 is 2.75 bits per heavy atom. The third-order valence-corrected chi connectivity index (χ3v) is 2.30. The summed E-state index contributed by atoms with van der Waals surface area (Å²) in [7, 11) is 1.44. The molecule has 1 amide bonds. The van der Waals surface area contributed by atoms with Crippen molar-refractivity contribution in [1.82, 2.24) is 5.32 Å². The summed E-state index contributed by atoms with van der Waals surface area (Å²) in [5, 5.41) is 10.7. The maximum atomic E-state index is 11.6. The molecule has 1 aromatic rings. The van der Waals surface area contributed by atoms with E-state index in [0.29, 0.717) is 11.3 Å². The molecule has 6 heteroatoms. The molecule has 86 valence electrons. The lowest BCUT2D eigenvalue weighted by atomic mass is 10.2. The summed E-state index contributed by atoms with van der Waals surface area (Å²) in [4.78, 5) is 21.9. The van der Waals surface area contributed by atoms with Crippen LogP contribution in [0.3, 0.4) is 0 Å². The van der Waals surface area contributed by atoms with Gasteiger partial charge in [-0.1, -0.05) is 15.9 Å². The highest BCUT2D eigenvalue weighted by Crippen LogP contribution is 2.23. The van der Waals surface area contributed by atoms with Gasteiger partial charge in [0.2, 0.25) is 0 Å². The van der Waals surface area contributed by atoms with Gasteiger partial charge in [-0.25, -0.2) is 0 Å². The molecular weight excluding hydrogens is 278 g/mol. The Morgan fingerprint density at radius 2 is 2.19 bits per heavy atom. The standard InChI is InChI=1S/C10H10BrNO4/c1-16-8-4-6(11)2-3-7(8)10(15)12-5-9(13)14/h2-4H,5H2,1H3,(H,12,15)(H,13,14). The number of ether oxygens (including phenoxy) is 1. The van der Waals surface area contributed by atoms with Crippen LogP contribution in [-0.2, 0) is 4.79 Å². The summed E-state index contributed by atoms with van der Waals surface area (Å²) in [6.45, 7) is -0.419. The van der Waals surface area contributed by atoms with E-state index in [2.05, 4.69) is 21.2 Å². The van der Waals surface area contributed by atoms with Crippen molar-refractivity contribution in [2.75, 3.05) is 13.7 Å². The van der Waals surface area contributed by atoms with Gasteiger partial charge in [-0.2, -0.15) is 0 Å². The third kappa shape index (κ3) is 3.23. The Hall–Kier alpha value is -1.56. The minimum atomic E-state index is -1.09. The van der Waals surface area contributed by atoms with Crippen molar-refractivity contribution < 1.29 is 19.4 Å². The second-order valence-electron chi connectivity index (χ2n) is 2.92. The van der Waals surface area contributed by atoms with Gasteiger partial charge in [-0.15, -0.1) is 0 Å².